The van der Waals surface area contributed by atoms with E-state index < -0.39 is 11.7 Å². The SMILES string of the molecule is Nc1cc(F)cc(NC(=O)c2cccc(=O)[nH]2)c1. The molecule has 0 atom stereocenters. The summed E-state index contributed by atoms with van der Waals surface area (Å²) in [6.07, 6.45) is 0. The zero-order valence-corrected chi connectivity index (χ0v) is 9.24. The molecule has 1 aromatic heterocycles. The molecule has 1 heterocycles. The third-order valence-corrected chi connectivity index (χ3v) is 2.19. The molecule has 0 fully saturated rings. The quantitative estimate of drug-likeness (QED) is 0.700. The molecule has 2 aromatic rings. The first-order valence-corrected chi connectivity index (χ1v) is 5.11. The topological polar surface area (TPSA) is 88.0 Å². The van der Waals surface area contributed by atoms with Crippen molar-refractivity contribution in [1.82, 2.24) is 4.98 Å². The molecule has 4 N–H and O–H groups in total. The van der Waals surface area contributed by atoms with Crippen LogP contribution in [0.4, 0.5) is 15.8 Å². The highest BCUT2D eigenvalue weighted by Gasteiger charge is 2.07. The van der Waals surface area contributed by atoms with E-state index in [2.05, 4.69) is 10.3 Å². The van der Waals surface area contributed by atoms with Crippen molar-refractivity contribution in [2.24, 2.45) is 0 Å². The summed E-state index contributed by atoms with van der Waals surface area (Å²) in [4.78, 5) is 25.1. The van der Waals surface area contributed by atoms with Gasteiger partial charge in [-0.15, -0.1) is 0 Å². The zero-order chi connectivity index (χ0) is 13.1. The molecular weight excluding hydrogens is 237 g/mol. The van der Waals surface area contributed by atoms with Crippen LogP contribution in [0.2, 0.25) is 0 Å². The van der Waals surface area contributed by atoms with Gasteiger partial charge in [0.05, 0.1) is 0 Å². The lowest BCUT2D eigenvalue weighted by Gasteiger charge is -2.06. The lowest BCUT2D eigenvalue weighted by molar-refractivity contribution is 0.102. The van der Waals surface area contributed by atoms with Gasteiger partial charge in [-0.2, -0.15) is 0 Å². The predicted molar refractivity (Wildman–Crippen MR) is 65.8 cm³/mol. The van der Waals surface area contributed by atoms with Gasteiger partial charge in [0.25, 0.3) is 5.91 Å². The molecule has 0 saturated heterocycles. The number of hydrogen-bond donors (Lipinski definition) is 3. The highest BCUT2D eigenvalue weighted by molar-refractivity contribution is 6.02. The van der Waals surface area contributed by atoms with Crippen molar-refractivity contribution in [2.75, 3.05) is 11.1 Å². The standard InChI is InChI=1S/C12H10FN3O2/c13-7-4-8(14)6-9(5-7)15-12(18)10-2-1-3-11(17)16-10/h1-6H,14H2,(H,15,18)(H,16,17). The summed E-state index contributed by atoms with van der Waals surface area (Å²) in [6.45, 7) is 0. The van der Waals surface area contributed by atoms with Crippen LogP contribution in [0.5, 0.6) is 0 Å². The Kier molecular flexibility index (Phi) is 3.09. The van der Waals surface area contributed by atoms with Crippen LogP contribution in [0.15, 0.2) is 41.2 Å². The minimum absolute atomic E-state index is 0.0883. The molecular formula is C12H10FN3O2. The number of nitrogens with one attached hydrogen (secondary N) is 2. The molecule has 5 nitrogen and oxygen atoms in total. The van der Waals surface area contributed by atoms with Gasteiger partial charge >= 0.3 is 0 Å². The zero-order valence-electron chi connectivity index (χ0n) is 9.24. The number of anilines is 2. The van der Waals surface area contributed by atoms with Crippen LogP contribution in [0.1, 0.15) is 10.5 Å². The number of nitrogens with two attached hydrogens (primary N) is 1. The Labute approximate surface area is 101 Å². The van der Waals surface area contributed by atoms with Crippen LogP contribution in [0.3, 0.4) is 0 Å². The molecule has 92 valence electrons. The summed E-state index contributed by atoms with van der Waals surface area (Å²) in [7, 11) is 0. The minimum atomic E-state index is -0.549. The maximum atomic E-state index is 13.1. The monoisotopic (exact) mass is 247 g/mol. The largest absolute Gasteiger partial charge is 0.399 e. The number of pyridine rings is 1. The van der Waals surface area contributed by atoms with Crippen LogP contribution in [0.25, 0.3) is 0 Å². The van der Waals surface area contributed by atoms with Crippen molar-refractivity contribution in [3.8, 4) is 0 Å². The van der Waals surface area contributed by atoms with Gasteiger partial charge in [0, 0.05) is 17.4 Å². The summed E-state index contributed by atoms with van der Waals surface area (Å²) in [5, 5.41) is 2.44. The average Bonchev–Trinajstić information content (AvgIpc) is 2.27. The number of hydrogen-bond acceptors (Lipinski definition) is 3. The molecule has 0 saturated carbocycles. The Morgan fingerprint density at radius 1 is 1.28 bits per heavy atom. The van der Waals surface area contributed by atoms with Crippen LogP contribution in [-0.4, -0.2) is 10.9 Å². The Morgan fingerprint density at radius 3 is 2.72 bits per heavy atom. The molecule has 0 spiro atoms. The smallest absolute Gasteiger partial charge is 0.272 e. The first kappa shape index (κ1) is 11.8. The van der Waals surface area contributed by atoms with Crippen molar-refractivity contribution < 1.29 is 9.18 Å². The molecule has 2 rings (SSSR count). The summed E-state index contributed by atoms with van der Waals surface area (Å²) < 4.78 is 13.1. The van der Waals surface area contributed by atoms with Crippen molar-refractivity contribution >= 4 is 17.3 Å². The van der Waals surface area contributed by atoms with Crippen molar-refractivity contribution in [3.63, 3.8) is 0 Å². The van der Waals surface area contributed by atoms with Crippen molar-refractivity contribution in [3.05, 3.63) is 58.3 Å². The summed E-state index contributed by atoms with van der Waals surface area (Å²) in [6, 6.07) is 7.88. The normalized spacial score (nSPS) is 10.1. The van der Waals surface area contributed by atoms with E-state index in [0.29, 0.717) is 0 Å². The molecule has 0 unspecified atom stereocenters. The van der Waals surface area contributed by atoms with Gasteiger partial charge < -0.3 is 16.0 Å². The van der Waals surface area contributed by atoms with Gasteiger partial charge in [-0.1, -0.05) is 6.07 Å². The number of amides is 1. The first-order valence-electron chi connectivity index (χ1n) is 5.11. The van der Waals surface area contributed by atoms with Crippen LogP contribution in [-0.2, 0) is 0 Å². The number of aromatic nitrogens is 1. The third kappa shape index (κ3) is 2.73. The van der Waals surface area contributed by atoms with Crippen LogP contribution < -0.4 is 16.6 Å². The number of H-pyrrole nitrogens is 1. The van der Waals surface area contributed by atoms with Gasteiger partial charge in [0.15, 0.2) is 0 Å². The second-order valence-corrected chi connectivity index (χ2v) is 3.66. The lowest BCUT2D eigenvalue weighted by atomic mass is 10.2. The summed E-state index contributed by atoms with van der Waals surface area (Å²) in [5.41, 5.74) is 5.57. The van der Waals surface area contributed by atoms with Crippen LogP contribution >= 0.6 is 0 Å². The Bertz CT molecular complexity index is 632. The van der Waals surface area contributed by atoms with Crippen LogP contribution in [0, 0.1) is 5.82 Å². The molecule has 0 radical (unpaired) electrons. The lowest BCUT2D eigenvalue weighted by Crippen LogP contribution is -2.18. The van der Waals surface area contributed by atoms with Gasteiger partial charge in [-0.05, 0) is 24.3 Å². The average molecular weight is 247 g/mol. The Hall–Kier alpha value is -2.63. The fraction of sp³-hybridized carbons (Fsp3) is 0. The van der Waals surface area contributed by atoms with E-state index in [9.17, 15) is 14.0 Å². The number of nitrogen functional groups attached to an aromatic ring is 1. The van der Waals surface area contributed by atoms with E-state index in [1.54, 1.807) is 0 Å². The van der Waals surface area contributed by atoms with E-state index in [-0.39, 0.29) is 22.6 Å². The molecule has 6 heteroatoms. The number of carbonyl (C=O) groups is 1. The summed E-state index contributed by atoms with van der Waals surface area (Å²) >= 11 is 0. The highest BCUT2D eigenvalue weighted by Crippen LogP contribution is 2.15. The Balaban J connectivity index is 2.24. The molecule has 1 amide bonds. The van der Waals surface area contributed by atoms with E-state index >= 15 is 0 Å². The maximum Gasteiger partial charge on any atom is 0.272 e. The number of carbonyl (C=O) groups excluding carboxylic acids is 1. The van der Waals surface area contributed by atoms with Gasteiger partial charge in [-0.3, -0.25) is 9.59 Å². The van der Waals surface area contributed by atoms with E-state index in [1.807, 2.05) is 0 Å². The molecule has 1 aromatic carbocycles. The Morgan fingerprint density at radius 2 is 2.06 bits per heavy atom. The molecule has 0 aliphatic carbocycles. The van der Waals surface area contributed by atoms with Crippen molar-refractivity contribution in [2.45, 2.75) is 0 Å². The molecule has 0 bridgehead atoms. The first-order chi connectivity index (χ1) is 8.54. The second-order valence-electron chi connectivity index (χ2n) is 3.66. The third-order valence-electron chi connectivity index (χ3n) is 2.19. The minimum Gasteiger partial charge on any atom is -0.399 e. The molecule has 0 aliphatic rings. The fourth-order valence-electron chi connectivity index (χ4n) is 1.46. The maximum absolute atomic E-state index is 13.1. The predicted octanol–water partition coefficient (Wildman–Crippen LogP) is 1.35. The molecule has 18 heavy (non-hydrogen) atoms. The summed E-state index contributed by atoms with van der Waals surface area (Å²) in [5.74, 6) is -1.09. The number of halogens is 1. The number of aromatic amines is 1. The number of benzene rings is 1. The van der Waals surface area contributed by atoms with E-state index in [1.165, 1.54) is 24.3 Å². The van der Waals surface area contributed by atoms with Crippen molar-refractivity contribution in [1.29, 1.82) is 0 Å². The number of rotatable bonds is 2. The van der Waals surface area contributed by atoms with Gasteiger partial charge in [-0.25, -0.2) is 4.39 Å². The van der Waals surface area contributed by atoms with E-state index in [4.69, 9.17) is 5.73 Å². The van der Waals surface area contributed by atoms with Gasteiger partial charge in [0.1, 0.15) is 11.5 Å². The highest BCUT2D eigenvalue weighted by atomic mass is 19.1. The second kappa shape index (κ2) is 4.70. The molecule has 0 aliphatic heterocycles. The van der Waals surface area contributed by atoms with E-state index in [0.717, 1.165) is 12.1 Å². The fourth-order valence-corrected chi connectivity index (χ4v) is 1.46. The van der Waals surface area contributed by atoms with Gasteiger partial charge in [0.2, 0.25) is 5.56 Å².